The number of aromatic nitrogens is 3. The third-order valence-electron chi connectivity index (χ3n) is 1.12. The molecule has 1 amide bonds. The molecule has 0 aliphatic rings. The summed E-state index contributed by atoms with van der Waals surface area (Å²) >= 11 is 0. The molecule has 6 nitrogen and oxygen atoms in total. The Morgan fingerprint density at radius 3 is 2.92 bits per heavy atom. The lowest BCUT2D eigenvalue weighted by Crippen LogP contribution is -2.38. The van der Waals surface area contributed by atoms with E-state index >= 15 is 0 Å². The van der Waals surface area contributed by atoms with Crippen LogP contribution in [0, 0.1) is 0 Å². The zero-order valence-electron chi connectivity index (χ0n) is 7.06. The van der Waals surface area contributed by atoms with Gasteiger partial charge in [0.15, 0.2) is 0 Å². The van der Waals surface area contributed by atoms with Crippen LogP contribution in [0.2, 0.25) is 0 Å². The van der Waals surface area contributed by atoms with Gasteiger partial charge < -0.3 is 0 Å². The van der Waals surface area contributed by atoms with E-state index in [4.69, 9.17) is 0 Å². The number of carbonyl (C=O) groups is 1. The molecule has 0 unspecified atom stereocenters. The van der Waals surface area contributed by atoms with Crippen LogP contribution in [0.3, 0.4) is 0 Å². The van der Waals surface area contributed by atoms with Crippen molar-refractivity contribution in [2.24, 2.45) is 0 Å². The van der Waals surface area contributed by atoms with E-state index in [-0.39, 0.29) is 12.5 Å². The number of hydrogen-bond acceptors (Lipinski definition) is 4. The molecule has 0 saturated heterocycles. The predicted octanol–water partition coefficient (Wildman–Crippen LogP) is -1.13. The molecule has 0 aromatic carbocycles. The van der Waals surface area contributed by atoms with Crippen LogP contribution in [0.5, 0.6) is 0 Å². The molecule has 12 heavy (non-hydrogen) atoms. The van der Waals surface area contributed by atoms with Gasteiger partial charge in [-0.1, -0.05) is 0 Å². The molecule has 0 radical (unpaired) electrons. The van der Waals surface area contributed by atoms with Gasteiger partial charge in [0.05, 0.1) is 0 Å². The molecule has 0 fully saturated rings. The smallest absolute Gasteiger partial charge is 0.256 e. The molecule has 1 heterocycles. The van der Waals surface area contributed by atoms with Gasteiger partial charge >= 0.3 is 0 Å². The molecule has 1 aromatic heterocycles. The molecular weight excluding hydrogens is 158 g/mol. The average Bonchev–Trinajstić information content (AvgIpc) is 2.37. The van der Waals surface area contributed by atoms with E-state index in [1.54, 1.807) is 19.1 Å². The van der Waals surface area contributed by atoms with Crippen molar-refractivity contribution in [2.45, 2.75) is 6.54 Å². The Hall–Kier alpha value is -1.43. The number of hydrazine groups is 1. The molecule has 0 saturated carbocycles. The predicted molar refractivity (Wildman–Crippen MR) is 41.9 cm³/mol. The van der Waals surface area contributed by atoms with Crippen molar-refractivity contribution in [1.82, 2.24) is 25.2 Å². The highest BCUT2D eigenvalue weighted by Gasteiger charge is 2.02. The van der Waals surface area contributed by atoms with Gasteiger partial charge in [-0.2, -0.15) is 5.10 Å². The molecule has 6 heteroatoms. The maximum absolute atomic E-state index is 11.1. The van der Waals surface area contributed by atoms with Crippen molar-refractivity contribution in [1.29, 1.82) is 0 Å². The highest BCUT2D eigenvalue weighted by Crippen LogP contribution is 1.80. The van der Waals surface area contributed by atoms with E-state index in [0.29, 0.717) is 0 Å². The maximum atomic E-state index is 11.1. The van der Waals surface area contributed by atoms with Gasteiger partial charge in [0, 0.05) is 14.1 Å². The van der Waals surface area contributed by atoms with Crippen LogP contribution < -0.4 is 5.43 Å². The Balaban J connectivity index is 2.37. The fourth-order valence-corrected chi connectivity index (χ4v) is 0.746. The minimum atomic E-state index is -0.120. The first kappa shape index (κ1) is 8.66. The highest BCUT2D eigenvalue weighted by molar-refractivity contribution is 5.74. The van der Waals surface area contributed by atoms with Gasteiger partial charge in [-0.15, -0.1) is 0 Å². The molecule has 1 N–H and O–H groups in total. The summed E-state index contributed by atoms with van der Waals surface area (Å²) in [6.45, 7) is 0.193. The van der Waals surface area contributed by atoms with E-state index in [1.807, 2.05) is 0 Å². The quantitative estimate of drug-likeness (QED) is 0.582. The maximum Gasteiger partial charge on any atom is 0.256 e. The summed E-state index contributed by atoms with van der Waals surface area (Å²) in [7, 11) is 3.50. The summed E-state index contributed by atoms with van der Waals surface area (Å²) in [5.74, 6) is -0.120. The minimum absolute atomic E-state index is 0.120. The molecule has 0 spiro atoms. The van der Waals surface area contributed by atoms with Crippen LogP contribution >= 0.6 is 0 Å². The second kappa shape index (κ2) is 3.82. The lowest BCUT2D eigenvalue weighted by molar-refractivity contribution is -0.125. The minimum Gasteiger partial charge on any atom is -0.288 e. The first-order chi connectivity index (χ1) is 5.68. The normalized spacial score (nSPS) is 10.2. The number of nitrogens with zero attached hydrogens (tertiary/aromatic N) is 4. The van der Waals surface area contributed by atoms with Crippen LogP contribution in [0.25, 0.3) is 0 Å². The van der Waals surface area contributed by atoms with Crippen molar-refractivity contribution in [3.8, 4) is 0 Å². The number of rotatable bonds is 3. The molecule has 0 bridgehead atoms. The lowest BCUT2D eigenvalue weighted by Gasteiger charge is -2.10. The average molecular weight is 169 g/mol. The Morgan fingerprint density at radius 1 is 1.67 bits per heavy atom. The van der Waals surface area contributed by atoms with Crippen LogP contribution in [-0.4, -0.2) is 39.8 Å². The van der Waals surface area contributed by atoms with Crippen LogP contribution in [0.15, 0.2) is 12.7 Å². The summed E-state index contributed by atoms with van der Waals surface area (Å²) < 4.78 is 1.46. The van der Waals surface area contributed by atoms with Gasteiger partial charge in [-0.3, -0.25) is 10.2 Å². The summed E-state index contributed by atoms with van der Waals surface area (Å²) in [6.07, 6.45) is 2.89. The number of amides is 1. The Morgan fingerprint density at radius 2 is 2.42 bits per heavy atom. The van der Waals surface area contributed by atoms with Crippen LogP contribution in [0.1, 0.15) is 0 Å². The summed E-state index contributed by atoms with van der Waals surface area (Å²) in [4.78, 5) is 14.8. The zero-order valence-corrected chi connectivity index (χ0v) is 7.06. The van der Waals surface area contributed by atoms with Crippen molar-refractivity contribution < 1.29 is 4.79 Å². The summed E-state index contributed by atoms with van der Waals surface area (Å²) in [5, 5.41) is 5.37. The van der Waals surface area contributed by atoms with Crippen molar-refractivity contribution in [3.05, 3.63) is 12.7 Å². The van der Waals surface area contributed by atoms with Gasteiger partial charge in [0.2, 0.25) is 0 Å². The third-order valence-corrected chi connectivity index (χ3v) is 1.12. The summed E-state index contributed by atoms with van der Waals surface area (Å²) in [5.41, 5.74) is 2.59. The van der Waals surface area contributed by atoms with Crippen molar-refractivity contribution in [2.75, 3.05) is 14.1 Å². The van der Waals surface area contributed by atoms with Crippen LogP contribution in [0.4, 0.5) is 0 Å². The molecule has 0 aliphatic carbocycles. The Labute approximate surface area is 70.2 Å². The van der Waals surface area contributed by atoms with Gasteiger partial charge in [-0.05, 0) is 0 Å². The van der Waals surface area contributed by atoms with E-state index in [9.17, 15) is 4.79 Å². The van der Waals surface area contributed by atoms with E-state index < -0.39 is 0 Å². The van der Waals surface area contributed by atoms with Gasteiger partial charge in [0.1, 0.15) is 19.2 Å². The van der Waals surface area contributed by atoms with Gasteiger partial charge in [0.25, 0.3) is 5.91 Å². The first-order valence-electron chi connectivity index (χ1n) is 3.47. The molecule has 66 valence electrons. The second-order valence-electron chi connectivity index (χ2n) is 2.52. The van der Waals surface area contributed by atoms with Crippen molar-refractivity contribution in [3.63, 3.8) is 0 Å². The van der Waals surface area contributed by atoms with E-state index in [0.717, 1.165) is 0 Å². The molecular formula is C6H11N5O. The largest absolute Gasteiger partial charge is 0.288 e. The fraction of sp³-hybridized carbons (Fsp3) is 0.500. The second-order valence-corrected chi connectivity index (χ2v) is 2.52. The third kappa shape index (κ3) is 2.67. The number of hydrogen-bond donors (Lipinski definition) is 1. The molecule has 1 rings (SSSR count). The molecule has 0 atom stereocenters. The zero-order chi connectivity index (χ0) is 8.97. The SMILES string of the molecule is CN(C)NC(=O)Cn1cncn1. The monoisotopic (exact) mass is 169 g/mol. The molecule has 1 aromatic rings. The van der Waals surface area contributed by atoms with Crippen LogP contribution in [-0.2, 0) is 11.3 Å². The standard InChI is InChI=1S/C6H11N5O/c1-10(2)9-6(12)3-11-5-7-4-8-11/h4-5H,3H2,1-2H3,(H,9,12). The molecule has 0 aliphatic heterocycles. The van der Waals surface area contributed by atoms with E-state index in [2.05, 4.69) is 15.5 Å². The lowest BCUT2D eigenvalue weighted by atomic mass is 10.6. The summed E-state index contributed by atoms with van der Waals surface area (Å²) in [6, 6.07) is 0. The van der Waals surface area contributed by atoms with E-state index in [1.165, 1.54) is 17.3 Å². The fourth-order valence-electron chi connectivity index (χ4n) is 0.746. The Bertz CT molecular complexity index is 242. The number of carbonyl (C=O) groups excluding carboxylic acids is 1. The van der Waals surface area contributed by atoms with Crippen molar-refractivity contribution >= 4 is 5.91 Å². The Kier molecular flexibility index (Phi) is 2.76. The highest BCUT2D eigenvalue weighted by atomic mass is 16.2. The topological polar surface area (TPSA) is 63.1 Å². The first-order valence-corrected chi connectivity index (χ1v) is 3.47. The number of nitrogens with one attached hydrogen (secondary N) is 1. The van der Waals surface area contributed by atoms with Gasteiger partial charge in [-0.25, -0.2) is 14.7 Å².